The highest BCUT2D eigenvalue weighted by atomic mass is 32.1. The smallest absolute Gasteiger partial charge is 0.305 e. The zero-order valence-corrected chi connectivity index (χ0v) is 18.9. The molecule has 0 fully saturated rings. The van der Waals surface area contributed by atoms with E-state index in [1.165, 1.54) is 18.4 Å². The number of thiophene rings is 1. The number of hydrazone groups is 1. The number of aryl methyl sites for hydroxylation is 1. The van der Waals surface area contributed by atoms with E-state index in [9.17, 15) is 14.4 Å². The van der Waals surface area contributed by atoms with Gasteiger partial charge in [-0.3, -0.25) is 25.2 Å². The van der Waals surface area contributed by atoms with Crippen LogP contribution in [-0.2, 0) is 6.42 Å². The normalized spacial score (nSPS) is 13.8. The van der Waals surface area contributed by atoms with Gasteiger partial charge in [0.25, 0.3) is 11.8 Å². The van der Waals surface area contributed by atoms with Crippen LogP contribution in [0.3, 0.4) is 0 Å². The SMILES string of the molecule is COc1ccc(C(=O)NNC(=O)c2oc3c(c2C)/C(=N/NC(=O)c2cccs2)CCC3)cc1. The lowest BCUT2D eigenvalue weighted by atomic mass is 9.93. The molecule has 0 spiro atoms. The Hall–Kier alpha value is -3.92. The molecule has 0 saturated carbocycles. The molecule has 0 unspecified atom stereocenters. The Kier molecular flexibility index (Phi) is 6.55. The third-order valence-electron chi connectivity index (χ3n) is 5.21. The highest BCUT2D eigenvalue weighted by molar-refractivity contribution is 7.12. The molecular formula is C23H22N4O5S. The monoisotopic (exact) mass is 466 g/mol. The van der Waals surface area contributed by atoms with Gasteiger partial charge in [0.1, 0.15) is 11.5 Å². The molecule has 33 heavy (non-hydrogen) atoms. The summed E-state index contributed by atoms with van der Waals surface area (Å²) in [6.45, 7) is 1.75. The molecule has 1 aromatic carbocycles. The molecule has 2 heterocycles. The highest BCUT2D eigenvalue weighted by Gasteiger charge is 2.28. The van der Waals surface area contributed by atoms with Crippen molar-refractivity contribution < 1.29 is 23.5 Å². The second kappa shape index (κ2) is 9.70. The molecule has 4 rings (SSSR count). The summed E-state index contributed by atoms with van der Waals surface area (Å²) in [5, 5.41) is 6.11. The maximum Gasteiger partial charge on any atom is 0.305 e. The number of amides is 3. The molecule has 1 aliphatic carbocycles. The number of ether oxygens (including phenoxy) is 1. The number of nitrogens with one attached hydrogen (secondary N) is 3. The van der Waals surface area contributed by atoms with Gasteiger partial charge in [-0.2, -0.15) is 5.10 Å². The Labute approximate surface area is 193 Å². The van der Waals surface area contributed by atoms with Gasteiger partial charge in [-0.15, -0.1) is 11.3 Å². The van der Waals surface area contributed by atoms with Crippen molar-refractivity contribution in [1.29, 1.82) is 0 Å². The molecule has 1 aliphatic rings. The van der Waals surface area contributed by atoms with Gasteiger partial charge in [0, 0.05) is 23.1 Å². The standard InChI is InChI=1S/C23H22N4O5S/c1-13-19-16(24-26-22(29)18-7-4-12-33-18)5-3-6-17(19)32-20(13)23(30)27-25-21(28)14-8-10-15(31-2)11-9-14/h4,7-12H,3,5-6H2,1-2H3,(H,25,28)(H,26,29)(H,27,30)/b24-16+. The molecule has 0 bridgehead atoms. The van der Waals surface area contributed by atoms with Crippen molar-refractivity contribution in [1.82, 2.24) is 16.3 Å². The lowest BCUT2D eigenvalue weighted by Gasteiger charge is -2.13. The number of carbonyl (C=O) groups excluding carboxylic acids is 3. The fraction of sp³-hybridized carbons (Fsp3) is 0.217. The second-order valence-corrected chi connectivity index (χ2v) is 8.27. The summed E-state index contributed by atoms with van der Waals surface area (Å²) in [5.41, 5.74) is 9.69. The second-order valence-electron chi connectivity index (χ2n) is 7.32. The van der Waals surface area contributed by atoms with Gasteiger partial charge >= 0.3 is 5.91 Å². The Bertz CT molecular complexity index is 1210. The summed E-state index contributed by atoms with van der Waals surface area (Å²) in [7, 11) is 1.54. The number of hydrogen-bond acceptors (Lipinski definition) is 7. The van der Waals surface area contributed by atoms with Crippen LogP contribution in [0.25, 0.3) is 0 Å². The number of methoxy groups -OCH3 is 1. The van der Waals surface area contributed by atoms with Crippen molar-refractivity contribution in [3.8, 4) is 5.75 Å². The summed E-state index contributed by atoms with van der Waals surface area (Å²) >= 11 is 1.33. The third-order valence-corrected chi connectivity index (χ3v) is 6.08. The molecule has 9 nitrogen and oxygen atoms in total. The van der Waals surface area contributed by atoms with E-state index in [1.54, 1.807) is 43.3 Å². The largest absolute Gasteiger partial charge is 0.497 e. The molecule has 170 valence electrons. The minimum absolute atomic E-state index is 0.0919. The van der Waals surface area contributed by atoms with Crippen molar-refractivity contribution in [3.05, 3.63) is 74.9 Å². The predicted molar refractivity (Wildman–Crippen MR) is 123 cm³/mol. The first-order chi connectivity index (χ1) is 16.0. The van der Waals surface area contributed by atoms with Crippen LogP contribution in [0.2, 0.25) is 0 Å². The lowest BCUT2D eigenvalue weighted by molar-refractivity contribution is 0.0829. The maximum absolute atomic E-state index is 12.7. The minimum Gasteiger partial charge on any atom is -0.497 e. The fourth-order valence-electron chi connectivity index (χ4n) is 3.56. The minimum atomic E-state index is -0.578. The van der Waals surface area contributed by atoms with Gasteiger partial charge in [-0.05, 0) is 55.5 Å². The molecular weight excluding hydrogens is 444 g/mol. The van der Waals surface area contributed by atoms with E-state index >= 15 is 0 Å². The van der Waals surface area contributed by atoms with E-state index < -0.39 is 11.8 Å². The van der Waals surface area contributed by atoms with Crippen LogP contribution >= 0.6 is 11.3 Å². The van der Waals surface area contributed by atoms with Crippen LogP contribution in [0.15, 0.2) is 51.3 Å². The molecule has 2 aromatic heterocycles. The van der Waals surface area contributed by atoms with E-state index in [2.05, 4.69) is 21.4 Å². The summed E-state index contributed by atoms with van der Waals surface area (Å²) in [6.07, 6.45) is 2.08. The van der Waals surface area contributed by atoms with Crippen LogP contribution in [0, 0.1) is 6.92 Å². The van der Waals surface area contributed by atoms with Gasteiger partial charge in [-0.1, -0.05) is 6.07 Å². The van der Waals surface area contributed by atoms with Crippen molar-refractivity contribution in [3.63, 3.8) is 0 Å². The Morgan fingerprint density at radius 2 is 1.79 bits per heavy atom. The molecule has 3 aromatic rings. The zero-order valence-electron chi connectivity index (χ0n) is 18.1. The topological polar surface area (TPSA) is 122 Å². The predicted octanol–water partition coefficient (Wildman–Crippen LogP) is 3.20. The van der Waals surface area contributed by atoms with E-state index in [4.69, 9.17) is 9.15 Å². The number of hydrogen-bond donors (Lipinski definition) is 3. The van der Waals surface area contributed by atoms with E-state index in [-0.39, 0.29) is 11.7 Å². The van der Waals surface area contributed by atoms with Gasteiger partial charge in [0.15, 0.2) is 5.76 Å². The molecule has 0 aliphatic heterocycles. The molecule has 3 N–H and O–H groups in total. The number of fused-ring (bicyclic) bond motifs is 1. The van der Waals surface area contributed by atoms with Gasteiger partial charge in [0.05, 0.1) is 17.7 Å². The first-order valence-corrected chi connectivity index (χ1v) is 11.1. The zero-order chi connectivity index (χ0) is 23.4. The summed E-state index contributed by atoms with van der Waals surface area (Å²) in [4.78, 5) is 37.8. The van der Waals surface area contributed by atoms with Gasteiger partial charge < -0.3 is 9.15 Å². The van der Waals surface area contributed by atoms with Gasteiger partial charge in [0.2, 0.25) is 0 Å². The number of rotatable bonds is 5. The van der Waals surface area contributed by atoms with E-state index in [1.807, 2.05) is 5.38 Å². The van der Waals surface area contributed by atoms with Crippen LogP contribution < -0.4 is 21.0 Å². The Morgan fingerprint density at radius 3 is 2.48 bits per heavy atom. The fourth-order valence-corrected chi connectivity index (χ4v) is 4.18. The lowest BCUT2D eigenvalue weighted by Crippen LogP contribution is -2.41. The number of benzene rings is 1. The number of furan rings is 1. The van der Waals surface area contributed by atoms with Crippen molar-refractivity contribution in [2.75, 3.05) is 7.11 Å². The van der Waals surface area contributed by atoms with Crippen LogP contribution in [0.4, 0.5) is 0 Å². The van der Waals surface area contributed by atoms with Gasteiger partial charge in [-0.25, -0.2) is 5.43 Å². The first-order valence-electron chi connectivity index (χ1n) is 10.3. The third kappa shape index (κ3) is 4.80. The van der Waals surface area contributed by atoms with Crippen LogP contribution in [0.5, 0.6) is 5.75 Å². The number of hydrazine groups is 1. The molecule has 10 heteroatoms. The van der Waals surface area contributed by atoms with Crippen LogP contribution in [-0.4, -0.2) is 30.5 Å². The average molecular weight is 467 g/mol. The first kappa shape index (κ1) is 22.3. The van der Waals surface area contributed by atoms with Crippen LogP contribution in [0.1, 0.15) is 60.3 Å². The molecule has 0 saturated heterocycles. The van der Waals surface area contributed by atoms with E-state index in [0.29, 0.717) is 46.1 Å². The number of nitrogens with zero attached hydrogens (tertiary/aromatic N) is 1. The quantitative estimate of drug-likeness (QED) is 0.499. The maximum atomic E-state index is 12.7. The molecule has 0 radical (unpaired) electrons. The summed E-state index contributed by atoms with van der Waals surface area (Å²) < 4.78 is 10.9. The summed E-state index contributed by atoms with van der Waals surface area (Å²) in [5.74, 6) is 0.00868. The Morgan fingerprint density at radius 1 is 1.03 bits per heavy atom. The molecule has 0 atom stereocenters. The van der Waals surface area contributed by atoms with Crippen molar-refractivity contribution >= 4 is 34.8 Å². The summed E-state index contributed by atoms with van der Waals surface area (Å²) in [6, 6.07) is 10.00. The van der Waals surface area contributed by atoms with E-state index in [0.717, 1.165) is 12.0 Å². The number of carbonyl (C=O) groups is 3. The molecule has 3 amide bonds. The average Bonchev–Trinajstić information content (AvgIpc) is 3.50. The highest BCUT2D eigenvalue weighted by Crippen LogP contribution is 2.29. The van der Waals surface area contributed by atoms with Crippen molar-refractivity contribution in [2.24, 2.45) is 5.10 Å². The Balaban J connectivity index is 1.46. The van der Waals surface area contributed by atoms with Crippen molar-refractivity contribution in [2.45, 2.75) is 26.2 Å².